The molecular weight excluding hydrogens is 500 g/mol. The largest absolute Gasteiger partial charge is 0.487 e. The van der Waals surface area contributed by atoms with Crippen LogP contribution in [0.25, 0.3) is 11.6 Å². The molecule has 0 N–H and O–H groups in total. The minimum atomic E-state index is -0.472. The molecule has 0 aliphatic carbocycles. The van der Waals surface area contributed by atoms with Crippen molar-refractivity contribution in [2.24, 2.45) is 0 Å². The molecule has 0 fully saturated rings. The third-order valence-electron chi connectivity index (χ3n) is 4.07. The van der Waals surface area contributed by atoms with E-state index in [2.05, 4.69) is 37.9 Å². The van der Waals surface area contributed by atoms with Gasteiger partial charge in [0.2, 0.25) is 0 Å². The normalized spacial score (nSPS) is 11.0. The number of hydrogen-bond donors (Lipinski definition) is 0. The summed E-state index contributed by atoms with van der Waals surface area (Å²) in [4.78, 5) is 10.4. The molecule has 3 aromatic carbocycles. The fourth-order valence-corrected chi connectivity index (χ4v) is 4.04. The lowest BCUT2D eigenvalue weighted by atomic mass is 10.0. The number of nitro groups is 1. The van der Waals surface area contributed by atoms with Gasteiger partial charge in [0.15, 0.2) is 0 Å². The van der Waals surface area contributed by atoms with Crippen molar-refractivity contribution in [3.8, 4) is 11.8 Å². The molecule has 0 aromatic heterocycles. The summed E-state index contributed by atoms with van der Waals surface area (Å²) in [5.41, 5.74) is 2.66. The van der Waals surface area contributed by atoms with Gasteiger partial charge in [-0.05, 0) is 57.4 Å². The second-order valence-corrected chi connectivity index (χ2v) is 7.82. The van der Waals surface area contributed by atoms with E-state index in [9.17, 15) is 15.4 Å². The number of allylic oxidation sites excluding steroid dienone is 1. The molecule has 0 bridgehead atoms. The summed E-state index contributed by atoms with van der Waals surface area (Å²) in [5.74, 6) is 0.603. The second kappa shape index (κ2) is 9.50. The van der Waals surface area contributed by atoms with Crippen molar-refractivity contribution in [3.05, 3.63) is 102 Å². The average molecular weight is 514 g/mol. The van der Waals surface area contributed by atoms with E-state index in [0.29, 0.717) is 29.1 Å². The van der Waals surface area contributed by atoms with Gasteiger partial charge in [0, 0.05) is 22.2 Å². The fourth-order valence-electron chi connectivity index (χ4n) is 2.67. The van der Waals surface area contributed by atoms with E-state index in [1.54, 1.807) is 18.2 Å². The molecule has 5 nitrogen and oxygen atoms in total. The SMILES string of the molecule is N#C/C(=C\c1cc(Br)cc(Br)c1OCc1ccccc1)c1ccc([N+](=O)[O-])cc1. The molecule has 144 valence electrons. The van der Waals surface area contributed by atoms with Gasteiger partial charge >= 0.3 is 0 Å². The van der Waals surface area contributed by atoms with Crippen LogP contribution < -0.4 is 4.74 Å². The second-order valence-electron chi connectivity index (χ2n) is 6.05. The lowest BCUT2D eigenvalue weighted by Gasteiger charge is -2.13. The molecule has 0 atom stereocenters. The van der Waals surface area contributed by atoms with Crippen molar-refractivity contribution < 1.29 is 9.66 Å². The molecule has 29 heavy (non-hydrogen) atoms. The minimum absolute atomic E-state index is 0.0249. The first-order valence-electron chi connectivity index (χ1n) is 8.50. The van der Waals surface area contributed by atoms with Crippen LogP contribution in [0.2, 0.25) is 0 Å². The number of nitriles is 1. The molecule has 0 amide bonds. The third-order valence-corrected chi connectivity index (χ3v) is 5.12. The summed E-state index contributed by atoms with van der Waals surface area (Å²) >= 11 is 6.99. The Bertz CT molecular complexity index is 1110. The van der Waals surface area contributed by atoms with Crippen molar-refractivity contribution in [3.63, 3.8) is 0 Å². The number of non-ortho nitro benzene ring substituents is 1. The Morgan fingerprint density at radius 3 is 2.41 bits per heavy atom. The molecule has 0 radical (unpaired) electrons. The number of benzene rings is 3. The molecule has 3 aromatic rings. The predicted octanol–water partition coefficient (Wildman–Crippen LogP) is 6.76. The molecule has 3 rings (SSSR count). The van der Waals surface area contributed by atoms with Gasteiger partial charge in [-0.2, -0.15) is 5.26 Å². The van der Waals surface area contributed by atoms with Crippen LogP contribution in [0.15, 0.2) is 75.7 Å². The molecule has 0 heterocycles. The van der Waals surface area contributed by atoms with Crippen LogP contribution in [0.3, 0.4) is 0 Å². The summed E-state index contributed by atoms with van der Waals surface area (Å²) < 4.78 is 7.60. The van der Waals surface area contributed by atoms with Gasteiger partial charge in [0.25, 0.3) is 5.69 Å². The highest BCUT2D eigenvalue weighted by Crippen LogP contribution is 2.36. The first-order valence-corrected chi connectivity index (χ1v) is 10.1. The number of hydrogen-bond acceptors (Lipinski definition) is 4. The van der Waals surface area contributed by atoms with Crippen molar-refractivity contribution in [1.29, 1.82) is 5.26 Å². The highest BCUT2D eigenvalue weighted by Gasteiger charge is 2.12. The first-order chi connectivity index (χ1) is 14.0. The standard InChI is InChI=1S/C22H14Br2N2O3/c23-19-11-17(10-18(13-25)16-6-8-20(9-7-16)26(27)28)22(21(24)12-19)29-14-15-4-2-1-3-5-15/h1-12H,14H2/b18-10+. The van der Waals surface area contributed by atoms with E-state index >= 15 is 0 Å². The Morgan fingerprint density at radius 2 is 1.79 bits per heavy atom. The summed E-state index contributed by atoms with van der Waals surface area (Å²) in [7, 11) is 0. The quantitative estimate of drug-likeness (QED) is 0.158. The Labute approximate surface area is 184 Å². The maximum atomic E-state index is 10.9. The van der Waals surface area contributed by atoms with Crippen LogP contribution in [0.4, 0.5) is 5.69 Å². The smallest absolute Gasteiger partial charge is 0.269 e. The van der Waals surface area contributed by atoms with Gasteiger partial charge in [-0.15, -0.1) is 0 Å². The lowest BCUT2D eigenvalue weighted by Crippen LogP contribution is -1.98. The Hall–Kier alpha value is -2.95. The molecule has 0 saturated heterocycles. The van der Waals surface area contributed by atoms with Crippen LogP contribution >= 0.6 is 31.9 Å². The Kier molecular flexibility index (Phi) is 6.81. The monoisotopic (exact) mass is 512 g/mol. The zero-order valence-electron chi connectivity index (χ0n) is 15.0. The number of nitro benzene ring substituents is 1. The molecule has 0 aliphatic rings. The zero-order chi connectivity index (χ0) is 20.8. The van der Waals surface area contributed by atoms with Crippen LogP contribution in [0.5, 0.6) is 5.75 Å². The van der Waals surface area contributed by atoms with Gasteiger partial charge in [-0.3, -0.25) is 10.1 Å². The van der Waals surface area contributed by atoms with E-state index in [4.69, 9.17) is 4.74 Å². The van der Waals surface area contributed by atoms with Crippen LogP contribution in [-0.2, 0) is 6.61 Å². The van der Waals surface area contributed by atoms with E-state index in [0.717, 1.165) is 14.5 Å². The molecule has 0 saturated carbocycles. The Balaban J connectivity index is 1.97. The van der Waals surface area contributed by atoms with Crippen molar-refractivity contribution >= 4 is 49.2 Å². The molecule has 7 heteroatoms. The van der Waals surface area contributed by atoms with Crippen molar-refractivity contribution in [2.45, 2.75) is 6.61 Å². The van der Waals surface area contributed by atoms with E-state index in [1.165, 1.54) is 12.1 Å². The van der Waals surface area contributed by atoms with Gasteiger partial charge in [-0.1, -0.05) is 46.3 Å². The van der Waals surface area contributed by atoms with Crippen LogP contribution in [0.1, 0.15) is 16.7 Å². The van der Waals surface area contributed by atoms with Gasteiger partial charge in [-0.25, -0.2) is 0 Å². The summed E-state index contributed by atoms with van der Waals surface area (Å²) in [6, 6.07) is 21.5. The van der Waals surface area contributed by atoms with E-state index in [-0.39, 0.29) is 5.69 Å². The topological polar surface area (TPSA) is 76.2 Å². The van der Waals surface area contributed by atoms with Gasteiger partial charge < -0.3 is 4.74 Å². The molecule has 0 unspecified atom stereocenters. The van der Waals surface area contributed by atoms with Crippen LogP contribution in [-0.4, -0.2) is 4.92 Å². The maximum Gasteiger partial charge on any atom is 0.269 e. The Morgan fingerprint density at radius 1 is 1.10 bits per heavy atom. The van der Waals surface area contributed by atoms with Crippen LogP contribution in [0, 0.1) is 21.4 Å². The number of ether oxygens (including phenoxy) is 1. The van der Waals surface area contributed by atoms with Crippen molar-refractivity contribution in [1.82, 2.24) is 0 Å². The predicted molar refractivity (Wildman–Crippen MR) is 119 cm³/mol. The number of nitrogens with zero attached hydrogens (tertiary/aromatic N) is 2. The number of halogens is 2. The average Bonchev–Trinajstić information content (AvgIpc) is 2.72. The highest BCUT2D eigenvalue weighted by molar-refractivity contribution is 9.11. The van der Waals surface area contributed by atoms with Crippen molar-refractivity contribution in [2.75, 3.05) is 0 Å². The molecule has 0 aliphatic heterocycles. The lowest BCUT2D eigenvalue weighted by molar-refractivity contribution is -0.384. The summed E-state index contributed by atoms with van der Waals surface area (Å²) in [6.07, 6.45) is 1.71. The first kappa shape index (κ1) is 20.8. The minimum Gasteiger partial charge on any atom is -0.487 e. The molecular formula is C22H14Br2N2O3. The number of rotatable bonds is 6. The molecule has 0 spiro atoms. The summed E-state index contributed by atoms with van der Waals surface area (Å²) in [6.45, 7) is 0.376. The highest BCUT2D eigenvalue weighted by atomic mass is 79.9. The maximum absolute atomic E-state index is 10.9. The van der Waals surface area contributed by atoms with E-state index < -0.39 is 4.92 Å². The zero-order valence-corrected chi connectivity index (χ0v) is 18.2. The van der Waals surface area contributed by atoms with Gasteiger partial charge in [0.1, 0.15) is 12.4 Å². The van der Waals surface area contributed by atoms with Gasteiger partial charge in [0.05, 0.1) is 21.0 Å². The third kappa shape index (κ3) is 5.31. The van der Waals surface area contributed by atoms with E-state index in [1.807, 2.05) is 42.5 Å². The summed E-state index contributed by atoms with van der Waals surface area (Å²) in [5, 5.41) is 20.5. The fraction of sp³-hybridized carbons (Fsp3) is 0.0455.